The van der Waals surface area contributed by atoms with Crippen LogP contribution in [0.5, 0.6) is 11.5 Å². The zero-order chi connectivity index (χ0) is 22.2. The molecule has 3 aliphatic rings. The number of carbonyl (C=O) groups is 2. The summed E-state index contributed by atoms with van der Waals surface area (Å²) in [6.07, 6.45) is 3.35. The van der Waals surface area contributed by atoms with Gasteiger partial charge in [0.2, 0.25) is 5.13 Å². The molecule has 3 atom stereocenters. The minimum Gasteiger partial charge on any atom is -0.490 e. The number of carbonyl (C=O) groups excluding carboxylic acids is 2. The van der Waals surface area contributed by atoms with Crippen LogP contribution in [-0.4, -0.2) is 41.2 Å². The predicted molar refractivity (Wildman–Crippen MR) is 118 cm³/mol. The van der Waals surface area contributed by atoms with Crippen molar-refractivity contribution in [3.8, 4) is 11.5 Å². The van der Waals surface area contributed by atoms with Gasteiger partial charge in [-0.15, -0.1) is 10.2 Å². The summed E-state index contributed by atoms with van der Waals surface area (Å²) in [4.78, 5) is 28.7. The molecule has 0 N–H and O–H groups in total. The van der Waals surface area contributed by atoms with Crippen LogP contribution in [0.1, 0.15) is 51.1 Å². The Morgan fingerprint density at radius 2 is 1.91 bits per heavy atom. The number of rotatable bonds is 6. The van der Waals surface area contributed by atoms with Gasteiger partial charge in [0.05, 0.1) is 30.7 Å². The molecule has 1 aromatic carbocycles. The molecule has 0 radical (unpaired) electrons. The molecular formula is C23H25N3O5S. The molecule has 9 heteroatoms. The zero-order valence-electron chi connectivity index (χ0n) is 18.1. The lowest BCUT2D eigenvalue weighted by Gasteiger charge is -2.35. The smallest absolute Gasteiger partial charge is 0.296 e. The van der Waals surface area contributed by atoms with E-state index in [-0.39, 0.29) is 29.5 Å². The van der Waals surface area contributed by atoms with Gasteiger partial charge in [-0.1, -0.05) is 23.8 Å². The van der Waals surface area contributed by atoms with Gasteiger partial charge in [-0.3, -0.25) is 14.5 Å². The molecule has 1 aromatic heterocycles. The second-order valence-electron chi connectivity index (χ2n) is 8.03. The van der Waals surface area contributed by atoms with Crippen LogP contribution < -0.4 is 14.4 Å². The zero-order valence-corrected chi connectivity index (χ0v) is 18.9. The van der Waals surface area contributed by atoms with Crippen LogP contribution in [-0.2, 0) is 14.3 Å². The van der Waals surface area contributed by atoms with E-state index in [4.69, 9.17) is 14.2 Å². The van der Waals surface area contributed by atoms with Crippen LogP contribution >= 0.6 is 11.3 Å². The van der Waals surface area contributed by atoms with Crippen molar-refractivity contribution < 1.29 is 23.8 Å². The van der Waals surface area contributed by atoms with Gasteiger partial charge in [-0.2, -0.15) is 0 Å². The molecule has 3 heterocycles. The van der Waals surface area contributed by atoms with Gasteiger partial charge in [0, 0.05) is 0 Å². The van der Waals surface area contributed by atoms with Gasteiger partial charge in [0.15, 0.2) is 23.0 Å². The third-order valence-electron chi connectivity index (χ3n) is 6.20. The maximum Gasteiger partial charge on any atom is 0.296 e. The summed E-state index contributed by atoms with van der Waals surface area (Å²) in [6, 6.07) is 4.89. The van der Waals surface area contributed by atoms with Crippen molar-refractivity contribution in [2.24, 2.45) is 5.92 Å². The first-order valence-corrected chi connectivity index (χ1v) is 12.0. The third-order valence-corrected chi connectivity index (χ3v) is 6.89. The summed E-state index contributed by atoms with van der Waals surface area (Å²) >= 11 is 1.25. The minimum atomic E-state index is -0.643. The molecule has 1 saturated carbocycles. The molecule has 1 amide bonds. The summed E-state index contributed by atoms with van der Waals surface area (Å²) in [5.41, 5.74) is 2.74. The number of anilines is 1. The lowest BCUT2D eigenvalue weighted by molar-refractivity contribution is -0.131. The van der Waals surface area contributed by atoms with Crippen LogP contribution in [0, 0.1) is 5.92 Å². The van der Waals surface area contributed by atoms with Crippen LogP contribution in [0.3, 0.4) is 0 Å². The van der Waals surface area contributed by atoms with Gasteiger partial charge in [-0.25, -0.2) is 0 Å². The highest BCUT2D eigenvalue weighted by Crippen LogP contribution is 2.49. The molecule has 2 aromatic rings. The van der Waals surface area contributed by atoms with Crippen molar-refractivity contribution in [3.05, 3.63) is 40.6 Å². The number of benzene rings is 1. The maximum absolute atomic E-state index is 13.7. The summed E-state index contributed by atoms with van der Waals surface area (Å²) in [7, 11) is 0. The van der Waals surface area contributed by atoms with E-state index < -0.39 is 6.04 Å². The molecule has 0 bridgehead atoms. The van der Waals surface area contributed by atoms with Crippen molar-refractivity contribution in [1.82, 2.24) is 10.2 Å². The number of nitrogens with zero attached hydrogens (tertiary/aromatic N) is 3. The van der Waals surface area contributed by atoms with Gasteiger partial charge < -0.3 is 14.2 Å². The summed E-state index contributed by atoms with van der Waals surface area (Å²) in [5, 5.41) is 8.47. The van der Waals surface area contributed by atoms with Crippen molar-refractivity contribution in [2.75, 3.05) is 18.1 Å². The van der Waals surface area contributed by atoms with Gasteiger partial charge in [0.1, 0.15) is 11.6 Å². The lowest BCUT2D eigenvalue weighted by atomic mass is 9.77. The molecule has 3 unspecified atom stereocenters. The van der Waals surface area contributed by atoms with Gasteiger partial charge >= 0.3 is 0 Å². The molecule has 5 rings (SSSR count). The van der Waals surface area contributed by atoms with Crippen LogP contribution in [0.15, 0.2) is 35.0 Å². The Labute approximate surface area is 190 Å². The Morgan fingerprint density at radius 1 is 1.12 bits per heavy atom. The largest absolute Gasteiger partial charge is 0.490 e. The first-order valence-electron chi connectivity index (χ1n) is 11.1. The maximum atomic E-state index is 13.7. The number of hydrogen-bond acceptors (Lipinski definition) is 8. The fraction of sp³-hybridized carbons (Fsp3) is 0.478. The Hall–Kier alpha value is -2.94. The molecular weight excluding hydrogens is 430 g/mol. The van der Waals surface area contributed by atoms with E-state index in [1.807, 2.05) is 32.0 Å². The predicted octanol–water partition coefficient (Wildman–Crippen LogP) is 3.84. The second-order valence-corrected chi connectivity index (χ2v) is 8.84. The quantitative estimate of drug-likeness (QED) is 0.654. The van der Waals surface area contributed by atoms with E-state index in [9.17, 15) is 9.59 Å². The number of ketones is 1. The van der Waals surface area contributed by atoms with Crippen molar-refractivity contribution in [3.63, 3.8) is 0 Å². The molecule has 8 nitrogen and oxygen atoms in total. The number of aromatic nitrogens is 2. The van der Waals surface area contributed by atoms with E-state index in [1.54, 1.807) is 5.51 Å². The fourth-order valence-electron chi connectivity index (χ4n) is 4.87. The molecule has 1 aliphatic carbocycles. The summed E-state index contributed by atoms with van der Waals surface area (Å²) < 4.78 is 17.7. The van der Waals surface area contributed by atoms with Gasteiger partial charge in [-0.05, 0) is 50.8 Å². The summed E-state index contributed by atoms with van der Waals surface area (Å²) in [6.45, 7) is 4.78. The van der Waals surface area contributed by atoms with Crippen molar-refractivity contribution in [1.29, 1.82) is 0 Å². The Balaban J connectivity index is 1.63. The SMILES string of the molecule is CCOc1ccc(C2C3=C(OC4CCCCC4C3=O)C(=O)N2c2nncs2)cc1OCC. The Bertz CT molecular complexity index is 1070. The van der Waals surface area contributed by atoms with Crippen LogP contribution in [0.2, 0.25) is 0 Å². The molecule has 0 spiro atoms. The number of fused-ring (bicyclic) bond motifs is 1. The first-order chi connectivity index (χ1) is 15.6. The molecule has 1 fully saturated rings. The normalized spacial score (nSPS) is 24.8. The number of hydrogen-bond donors (Lipinski definition) is 0. The van der Waals surface area contributed by atoms with E-state index in [1.165, 1.54) is 16.2 Å². The topological polar surface area (TPSA) is 90.9 Å². The monoisotopic (exact) mass is 455 g/mol. The lowest BCUT2D eigenvalue weighted by Crippen LogP contribution is -2.39. The first kappa shape index (κ1) is 20.9. The van der Waals surface area contributed by atoms with E-state index in [0.717, 1.165) is 31.2 Å². The van der Waals surface area contributed by atoms with E-state index in [2.05, 4.69) is 10.2 Å². The fourth-order valence-corrected chi connectivity index (χ4v) is 5.45. The molecule has 32 heavy (non-hydrogen) atoms. The highest BCUT2D eigenvalue weighted by atomic mass is 32.1. The standard InChI is InChI=1S/C23H25N3O5S/c1-3-29-16-10-9-13(11-17(16)30-4-2)19-18-20(27)14-7-5-6-8-15(14)31-21(18)22(28)26(19)23-25-24-12-32-23/h9-12,14-15,19H,3-8H2,1-2H3. The number of ether oxygens (including phenoxy) is 3. The van der Waals surface area contributed by atoms with Crippen molar-refractivity contribution >= 4 is 28.2 Å². The molecule has 2 aliphatic heterocycles. The molecule has 0 saturated heterocycles. The van der Waals surface area contributed by atoms with Gasteiger partial charge in [0.25, 0.3) is 5.91 Å². The number of Topliss-reactive ketones (excluding diaryl/α,β-unsaturated/α-hetero) is 1. The summed E-state index contributed by atoms with van der Waals surface area (Å²) in [5.74, 6) is 0.813. The number of amides is 1. The van der Waals surface area contributed by atoms with E-state index in [0.29, 0.717) is 35.4 Å². The highest BCUT2D eigenvalue weighted by molar-refractivity contribution is 7.13. The Kier molecular flexibility index (Phi) is 5.58. The highest BCUT2D eigenvalue weighted by Gasteiger charge is 2.53. The average molecular weight is 456 g/mol. The minimum absolute atomic E-state index is 0.00756. The van der Waals surface area contributed by atoms with E-state index >= 15 is 0 Å². The second kappa shape index (κ2) is 8.54. The average Bonchev–Trinajstić information content (AvgIpc) is 3.42. The molecule has 168 valence electrons. The van der Waals surface area contributed by atoms with Crippen LogP contribution in [0.4, 0.5) is 5.13 Å². The van der Waals surface area contributed by atoms with Crippen molar-refractivity contribution in [2.45, 2.75) is 51.7 Å². The Morgan fingerprint density at radius 3 is 2.66 bits per heavy atom. The van der Waals surface area contributed by atoms with Crippen LogP contribution in [0.25, 0.3) is 0 Å². The third kappa shape index (κ3) is 3.35.